The van der Waals surface area contributed by atoms with Gasteiger partial charge in [0.05, 0.1) is 11.6 Å². The molecule has 0 fully saturated rings. The molecule has 0 N–H and O–H groups in total. The van der Waals surface area contributed by atoms with Crippen molar-refractivity contribution in [3.05, 3.63) is 175 Å². The van der Waals surface area contributed by atoms with Crippen molar-refractivity contribution in [2.75, 3.05) is 0 Å². The van der Waals surface area contributed by atoms with E-state index in [1.807, 2.05) is 24.3 Å². The van der Waals surface area contributed by atoms with Gasteiger partial charge in [-0.3, -0.25) is 0 Å². The van der Waals surface area contributed by atoms with Crippen LogP contribution in [-0.2, 0) is 0 Å². The molecule has 0 spiro atoms. The highest BCUT2D eigenvalue weighted by Gasteiger charge is 2.18. The fourth-order valence-corrected chi connectivity index (χ4v) is 6.88. The molecule has 0 saturated heterocycles. The number of hydrogen-bond donors (Lipinski definition) is 0. The molecule has 0 aliphatic carbocycles. The third-order valence-corrected chi connectivity index (χ3v) is 9.35. The Morgan fingerprint density at radius 2 is 0.980 bits per heavy atom. The van der Waals surface area contributed by atoms with Crippen LogP contribution >= 0.6 is 0 Å². The van der Waals surface area contributed by atoms with Crippen LogP contribution in [-0.4, -0.2) is 4.98 Å². The van der Waals surface area contributed by atoms with E-state index in [1.165, 1.54) is 21.5 Å². The number of aromatic nitrogens is 1. The number of fused-ring (bicyclic) bond motifs is 3. The Labute approximate surface area is 284 Å². The minimum Gasteiger partial charge on any atom is -0.436 e. The van der Waals surface area contributed by atoms with Crippen LogP contribution in [0.1, 0.15) is 5.56 Å². The first-order valence-electron chi connectivity index (χ1n) is 16.3. The standard InChI is InChI=1S/C46H28N2O/c47-29-30-18-20-31(21-19-30)32-22-24-33(25-23-32)36-12-5-13-37(26-36)46-48-45-43(42-17-7-11-35-9-2-4-15-40(35)42)27-38(28-44(45)49-46)41-16-6-10-34-8-1-3-14-39(34)41/h1-28H. The van der Waals surface area contributed by atoms with Gasteiger partial charge in [-0.15, -0.1) is 0 Å². The van der Waals surface area contributed by atoms with E-state index in [9.17, 15) is 0 Å². The highest BCUT2D eigenvalue weighted by molar-refractivity contribution is 6.07. The second-order valence-electron chi connectivity index (χ2n) is 12.3. The maximum atomic E-state index is 9.14. The van der Waals surface area contributed by atoms with Crippen LogP contribution in [0, 0.1) is 11.3 Å². The number of hydrogen-bond acceptors (Lipinski definition) is 3. The van der Waals surface area contributed by atoms with E-state index < -0.39 is 0 Å². The third kappa shape index (κ3) is 5.13. The molecule has 0 atom stereocenters. The molecule has 0 bridgehead atoms. The Morgan fingerprint density at radius 1 is 0.429 bits per heavy atom. The van der Waals surface area contributed by atoms with Gasteiger partial charge in [-0.05, 0) is 96.9 Å². The molecule has 228 valence electrons. The maximum Gasteiger partial charge on any atom is 0.227 e. The molecule has 9 aromatic rings. The molecular weight excluding hydrogens is 597 g/mol. The molecule has 1 aromatic heterocycles. The zero-order valence-corrected chi connectivity index (χ0v) is 26.5. The molecule has 3 heteroatoms. The Bertz CT molecular complexity index is 2700. The lowest BCUT2D eigenvalue weighted by Gasteiger charge is -2.11. The molecule has 1 heterocycles. The zero-order chi connectivity index (χ0) is 32.7. The lowest BCUT2D eigenvalue weighted by atomic mass is 9.92. The van der Waals surface area contributed by atoms with Crippen molar-refractivity contribution in [2.24, 2.45) is 0 Å². The van der Waals surface area contributed by atoms with E-state index in [2.05, 4.69) is 152 Å². The fraction of sp³-hybridized carbons (Fsp3) is 0. The van der Waals surface area contributed by atoms with Crippen LogP contribution in [0.3, 0.4) is 0 Å². The first-order valence-corrected chi connectivity index (χ1v) is 16.3. The average molecular weight is 625 g/mol. The van der Waals surface area contributed by atoms with Gasteiger partial charge < -0.3 is 4.42 Å². The topological polar surface area (TPSA) is 49.8 Å². The van der Waals surface area contributed by atoms with E-state index in [-0.39, 0.29) is 0 Å². The summed E-state index contributed by atoms with van der Waals surface area (Å²) < 4.78 is 6.66. The van der Waals surface area contributed by atoms with Crippen LogP contribution in [0.5, 0.6) is 0 Å². The van der Waals surface area contributed by atoms with Gasteiger partial charge in [0.15, 0.2) is 5.58 Å². The summed E-state index contributed by atoms with van der Waals surface area (Å²) in [6, 6.07) is 61.1. The van der Waals surface area contributed by atoms with Gasteiger partial charge in [0, 0.05) is 11.1 Å². The van der Waals surface area contributed by atoms with Crippen LogP contribution in [0.4, 0.5) is 0 Å². The van der Waals surface area contributed by atoms with Crippen LogP contribution in [0.2, 0.25) is 0 Å². The summed E-state index contributed by atoms with van der Waals surface area (Å²) >= 11 is 0. The van der Waals surface area contributed by atoms with Crippen LogP contribution in [0.15, 0.2) is 174 Å². The molecule has 0 aliphatic heterocycles. The van der Waals surface area contributed by atoms with Crippen molar-refractivity contribution in [3.8, 4) is 62.0 Å². The fourth-order valence-electron chi connectivity index (χ4n) is 6.88. The van der Waals surface area contributed by atoms with Crippen molar-refractivity contribution >= 4 is 32.6 Å². The lowest BCUT2D eigenvalue weighted by Crippen LogP contribution is -1.87. The van der Waals surface area contributed by atoms with E-state index in [0.29, 0.717) is 11.5 Å². The minimum absolute atomic E-state index is 0.586. The summed E-state index contributed by atoms with van der Waals surface area (Å²) in [4.78, 5) is 5.18. The molecule has 49 heavy (non-hydrogen) atoms. The summed E-state index contributed by atoms with van der Waals surface area (Å²) in [5, 5.41) is 13.9. The van der Waals surface area contributed by atoms with Gasteiger partial charge >= 0.3 is 0 Å². The Hall–Kier alpha value is -6.76. The average Bonchev–Trinajstić information content (AvgIpc) is 3.62. The number of nitriles is 1. The van der Waals surface area contributed by atoms with Crippen LogP contribution in [0.25, 0.3) is 88.6 Å². The predicted octanol–water partition coefficient (Wildman–Crippen LogP) is 12.3. The van der Waals surface area contributed by atoms with E-state index in [1.54, 1.807) is 0 Å². The number of benzene rings is 8. The van der Waals surface area contributed by atoms with Gasteiger partial charge in [-0.1, -0.05) is 133 Å². The van der Waals surface area contributed by atoms with E-state index in [0.717, 1.165) is 61.2 Å². The van der Waals surface area contributed by atoms with Gasteiger partial charge in [0.25, 0.3) is 0 Å². The van der Waals surface area contributed by atoms with Crippen molar-refractivity contribution < 1.29 is 4.42 Å². The van der Waals surface area contributed by atoms with Crippen molar-refractivity contribution in [1.29, 1.82) is 5.26 Å². The van der Waals surface area contributed by atoms with Gasteiger partial charge in [0.2, 0.25) is 5.89 Å². The smallest absolute Gasteiger partial charge is 0.227 e. The molecule has 3 nitrogen and oxygen atoms in total. The van der Waals surface area contributed by atoms with Gasteiger partial charge in [-0.2, -0.15) is 5.26 Å². The lowest BCUT2D eigenvalue weighted by molar-refractivity contribution is 0.620. The second-order valence-corrected chi connectivity index (χ2v) is 12.3. The van der Waals surface area contributed by atoms with Gasteiger partial charge in [-0.25, -0.2) is 4.98 Å². The predicted molar refractivity (Wildman–Crippen MR) is 201 cm³/mol. The molecule has 0 aliphatic rings. The maximum absolute atomic E-state index is 9.14. The molecule has 0 radical (unpaired) electrons. The molecule has 0 saturated carbocycles. The van der Waals surface area contributed by atoms with Gasteiger partial charge in [0.1, 0.15) is 5.52 Å². The third-order valence-electron chi connectivity index (χ3n) is 9.35. The van der Waals surface area contributed by atoms with Crippen molar-refractivity contribution in [3.63, 3.8) is 0 Å². The largest absolute Gasteiger partial charge is 0.436 e. The van der Waals surface area contributed by atoms with Crippen molar-refractivity contribution in [2.45, 2.75) is 0 Å². The number of rotatable bonds is 5. The summed E-state index contributed by atoms with van der Waals surface area (Å²) in [5.41, 5.74) is 11.9. The Kier molecular flexibility index (Phi) is 6.85. The summed E-state index contributed by atoms with van der Waals surface area (Å²) in [5.74, 6) is 0.586. The first kappa shape index (κ1) is 28.5. The minimum atomic E-state index is 0.586. The first-order chi connectivity index (χ1) is 24.2. The summed E-state index contributed by atoms with van der Waals surface area (Å²) in [6.45, 7) is 0. The number of nitrogens with zero attached hydrogens (tertiary/aromatic N) is 2. The molecule has 0 unspecified atom stereocenters. The number of oxazole rings is 1. The van der Waals surface area contributed by atoms with E-state index in [4.69, 9.17) is 14.7 Å². The summed E-state index contributed by atoms with van der Waals surface area (Å²) in [6.07, 6.45) is 0. The highest BCUT2D eigenvalue weighted by Crippen LogP contribution is 2.41. The Morgan fingerprint density at radius 3 is 1.67 bits per heavy atom. The molecular formula is C46H28N2O. The summed E-state index contributed by atoms with van der Waals surface area (Å²) in [7, 11) is 0. The Balaban J connectivity index is 1.17. The molecule has 8 aromatic carbocycles. The van der Waals surface area contributed by atoms with E-state index >= 15 is 0 Å². The SMILES string of the molecule is N#Cc1ccc(-c2ccc(-c3cccc(-c4nc5c(-c6cccc7ccccc67)cc(-c6cccc7ccccc67)cc5o4)c3)cc2)cc1. The monoisotopic (exact) mass is 624 g/mol. The molecule has 9 rings (SSSR count). The van der Waals surface area contributed by atoms with Crippen molar-refractivity contribution in [1.82, 2.24) is 4.98 Å². The quantitative estimate of drug-likeness (QED) is 0.191. The zero-order valence-electron chi connectivity index (χ0n) is 26.5. The molecule has 0 amide bonds. The highest BCUT2D eigenvalue weighted by atomic mass is 16.3. The second kappa shape index (κ2) is 11.8. The van der Waals surface area contributed by atoms with Crippen LogP contribution < -0.4 is 0 Å². The normalized spacial score (nSPS) is 11.2.